The fourth-order valence-corrected chi connectivity index (χ4v) is 4.56. The number of carbonyl (C=O) groups is 1. The second-order valence-corrected chi connectivity index (χ2v) is 8.32. The lowest BCUT2D eigenvalue weighted by atomic mass is 9.79. The molecule has 1 aliphatic heterocycles. The van der Waals surface area contributed by atoms with Crippen LogP contribution in [0.15, 0.2) is 83.7 Å². The van der Waals surface area contributed by atoms with Gasteiger partial charge in [-0.05, 0) is 42.3 Å². The number of aromatic nitrogens is 3. The van der Waals surface area contributed by atoms with Gasteiger partial charge in [-0.2, -0.15) is 25.1 Å². The normalized spacial score (nSPS) is 16.5. The highest BCUT2D eigenvalue weighted by Gasteiger charge is 2.41. The maximum atomic E-state index is 15.1. The molecule has 0 saturated carbocycles. The third-order valence-corrected chi connectivity index (χ3v) is 6.20. The van der Waals surface area contributed by atoms with Gasteiger partial charge >= 0.3 is 0 Å². The Bertz CT molecular complexity index is 1600. The number of anilines is 1. The van der Waals surface area contributed by atoms with E-state index in [0.717, 1.165) is 17.1 Å². The molecule has 3 aromatic carbocycles. The lowest BCUT2D eigenvalue weighted by Crippen LogP contribution is -2.25. The number of benzene rings is 3. The van der Waals surface area contributed by atoms with E-state index >= 15 is 13.2 Å². The topological polar surface area (TPSA) is 63.4 Å². The van der Waals surface area contributed by atoms with Crippen molar-refractivity contribution in [3.8, 4) is 5.69 Å². The van der Waals surface area contributed by atoms with Gasteiger partial charge in [-0.1, -0.05) is 24.3 Å². The fourth-order valence-electron chi connectivity index (χ4n) is 4.56. The number of amides is 1. The molecular formula is C26H15F4N5O. The maximum Gasteiger partial charge on any atom is 0.280 e. The summed E-state index contributed by atoms with van der Waals surface area (Å²) in [5, 5.41) is 12.9. The number of fused-ring (bicyclic) bond motifs is 3. The molecule has 1 atom stereocenters. The van der Waals surface area contributed by atoms with Gasteiger partial charge in [-0.15, -0.1) is 0 Å². The number of rotatable bonds is 4. The Morgan fingerprint density at radius 3 is 2.33 bits per heavy atom. The van der Waals surface area contributed by atoms with Crippen LogP contribution in [0, 0.1) is 23.3 Å². The van der Waals surface area contributed by atoms with Gasteiger partial charge in [-0.25, -0.2) is 17.6 Å². The van der Waals surface area contributed by atoms with Crippen LogP contribution in [0.4, 0.5) is 23.2 Å². The van der Waals surface area contributed by atoms with E-state index in [2.05, 4.69) is 15.3 Å². The summed E-state index contributed by atoms with van der Waals surface area (Å²) in [5.74, 6) is -4.35. The third kappa shape index (κ3) is 3.41. The van der Waals surface area contributed by atoms with Gasteiger partial charge in [0.15, 0.2) is 0 Å². The molecule has 0 spiro atoms. The molecule has 1 aliphatic carbocycles. The smallest absolute Gasteiger partial charge is 0.267 e. The maximum absolute atomic E-state index is 15.1. The Labute approximate surface area is 201 Å². The minimum atomic E-state index is -0.877. The fraction of sp³-hybridized carbons (Fsp3) is 0.0769. The highest BCUT2D eigenvalue weighted by Crippen LogP contribution is 2.40. The molecule has 0 saturated heterocycles. The Kier molecular flexibility index (Phi) is 5.03. The van der Waals surface area contributed by atoms with E-state index in [9.17, 15) is 9.18 Å². The molecule has 4 aromatic rings. The number of hydrazone groups is 1. The molecule has 0 N–H and O–H groups in total. The van der Waals surface area contributed by atoms with Crippen molar-refractivity contribution >= 4 is 17.3 Å². The van der Waals surface area contributed by atoms with Gasteiger partial charge < -0.3 is 0 Å². The molecule has 6 nitrogen and oxygen atoms in total. The second-order valence-electron chi connectivity index (χ2n) is 8.32. The molecule has 0 bridgehead atoms. The van der Waals surface area contributed by atoms with Gasteiger partial charge in [0.1, 0.15) is 34.7 Å². The van der Waals surface area contributed by atoms with Gasteiger partial charge in [0.05, 0.1) is 23.7 Å². The lowest BCUT2D eigenvalue weighted by molar-refractivity contribution is -0.114. The minimum absolute atomic E-state index is 0.00183. The van der Waals surface area contributed by atoms with Crippen molar-refractivity contribution in [1.82, 2.24) is 15.0 Å². The van der Waals surface area contributed by atoms with Crippen molar-refractivity contribution in [2.45, 2.75) is 12.3 Å². The molecule has 1 amide bonds. The van der Waals surface area contributed by atoms with Gasteiger partial charge in [0.2, 0.25) is 0 Å². The average Bonchev–Trinajstić information content (AvgIpc) is 3.52. The summed E-state index contributed by atoms with van der Waals surface area (Å²) in [6, 6.07) is 11.8. The lowest BCUT2D eigenvalue weighted by Gasteiger charge is -2.24. The van der Waals surface area contributed by atoms with E-state index in [-0.39, 0.29) is 40.1 Å². The first-order valence-corrected chi connectivity index (χ1v) is 11.0. The van der Waals surface area contributed by atoms with Crippen molar-refractivity contribution in [2.24, 2.45) is 5.10 Å². The Hall–Kier alpha value is -4.60. The quantitative estimate of drug-likeness (QED) is 0.386. The molecule has 1 aromatic heterocycles. The van der Waals surface area contributed by atoms with Crippen LogP contribution in [0.5, 0.6) is 0 Å². The van der Waals surface area contributed by atoms with E-state index in [1.165, 1.54) is 59.7 Å². The van der Waals surface area contributed by atoms with Crippen molar-refractivity contribution in [3.63, 3.8) is 0 Å². The zero-order chi connectivity index (χ0) is 25.0. The number of allylic oxidation sites excluding steroid dienone is 1. The molecule has 6 rings (SSSR count). The number of halogens is 4. The predicted molar refractivity (Wildman–Crippen MR) is 123 cm³/mol. The van der Waals surface area contributed by atoms with E-state index in [0.29, 0.717) is 5.69 Å². The largest absolute Gasteiger partial charge is 0.280 e. The molecule has 36 heavy (non-hydrogen) atoms. The zero-order valence-corrected chi connectivity index (χ0v) is 18.4. The minimum Gasteiger partial charge on any atom is -0.267 e. The number of nitrogens with zero attached hydrogens (tertiary/aromatic N) is 5. The molecule has 178 valence electrons. The van der Waals surface area contributed by atoms with Crippen LogP contribution in [0.1, 0.15) is 22.6 Å². The second kappa shape index (κ2) is 8.26. The molecule has 2 aliphatic rings. The van der Waals surface area contributed by atoms with Gasteiger partial charge in [0, 0.05) is 23.1 Å². The van der Waals surface area contributed by atoms with Crippen LogP contribution < -0.4 is 5.01 Å². The molecule has 1 unspecified atom stereocenters. The highest BCUT2D eigenvalue weighted by atomic mass is 19.1. The summed E-state index contributed by atoms with van der Waals surface area (Å²) in [7, 11) is 0. The molecule has 10 heteroatoms. The monoisotopic (exact) mass is 489 g/mol. The first kappa shape index (κ1) is 21.9. The summed E-state index contributed by atoms with van der Waals surface area (Å²) in [5.41, 5.74) is 0.167. The van der Waals surface area contributed by atoms with Crippen LogP contribution in [0.3, 0.4) is 0 Å². The van der Waals surface area contributed by atoms with Crippen LogP contribution in [0.2, 0.25) is 0 Å². The molecular weight excluding hydrogens is 474 g/mol. The van der Waals surface area contributed by atoms with Gasteiger partial charge in [0.25, 0.3) is 5.91 Å². The van der Waals surface area contributed by atoms with E-state index < -0.39 is 35.1 Å². The van der Waals surface area contributed by atoms with E-state index in [1.807, 2.05) is 0 Å². The van der Waals surface area contributed by atoms with Crippen molar-refractivity contribution in [2.75, 3.05) is 5.01 Å². The Morgan fingerprint density at radius 1 is 0.833 bits per heavy atom. The van der Waals surface area contributed by atoms with Crippen molar-refractivity contribution in [3.05, 3.63) is 119 Å². The Morgan fingerprint density at radius 2 is 1.58 bits per heavy atom. The van der Waals surface area contributed by atoms with Crippen molar-refractivity contribution < 1.29 is 22.4 Å². The number of para-hydroxylation sites is 1. The number of hydrogen-bond acceptors (Lipinski definition) is 4. The summed E-state index contributed by atoms with van der Waals surface area (Å²) in [4.78, 5) is 14.5. The predicted octanol–water partition coefficient (Wildman–Crippen LogP) is 4.84. The summed E-state index contributed by atoms with van der Waals surface area (Å²) in [6.45, 7) is 0. The van der Waals surface area contributed by atoms with Crippen LogP contribution in [-0.4, -0.2) is 26.6 Å². The van der Waals surface area contributed by atoms with E-state index in [4.69, 9.17) is 0 Å². The molecule has 2 heterocycles. The zero-order valence-electron chi connectivity index (χ0n) is 18.4. The van der Waals surface area contributed by atoms with E-state index in [1.54, 1.807) is 6.07 Å². The molecule has 0 radical (unpaired) electrons. The van der Waals surface area contributed by atoms with Crippen LogP contribution in [0.25, 0.3) is 5.69 Å². The summed E-state index contributed by atoms with van der Waals surface area (Å²) < 4.78 is 59.6. The third-order valence-electron chi connectivity index (χ3n) is 6.20. The van der Waals surface area contributed by atoms with Crippen LogP contribution in [-0.2, 0) is 11.2 Å². The first-order chi connectivity index (χ1) is 17.4. The number of hydrogen-bond donors (Lipinski definition) is 0. The SMILES string of the molecule is O=C1C2=CC(Cc3ccc(-n4nccn4)cc3F)c3c(F)ccc(F)c3C2=NN1c1ccccc1F. The van der Waals surface area contributed by atoms with Crippen LogP contribution >= 0.6 is 0 Å². The highest BCUT2D eigenvalue weighted by molar-refractivity contribution is 6.36. The standard InChI is InChI=1S/C26H15F4N5O/c27-18-3-1-2-4-22(18)34-26(36)17-12-15(23-19(28)7-8-20(29)24(23)25(17)33-34)11-14-5-6-16(13-21(14)30)35-31-9-10-32-35/h1-10,12-13,15H,11H2. The molecule has 0 fully saturated rings. The average molecular weight is 489 g/mol. The van der Waals surface area contributed by atoms with Crippen molar-refractivity contribution in [1.29, 1.82) is 0 Å². The van der Waals surface area contributed by atoms with Gasteiger partial charge in [-0.3, -0.25) is 4.79 Å². The summed E-state index contributed by atoms with van der Waals surface area (Å²) in [6.07, 6.45) is 4.29. The Balaban J connectivity index is 1.44. The first-order valence-electron chi connectivity index (χ1n) is 11.0. The number of carbonyl (C=O) groups excluding carboxylic acids is 1. The summed E-state index contributed by atoms with van der Waals surface area (Å²) >= 11 is 0.